The van der Waals surface area contributed by atoms with E-state index in [1.165, 1.54) is 37.0 Å². The first-order valence-corrected chi connectivity index (χ1v) is 7.15. The fourth-order valence-electron chi connectivity index (χ4n) is 2.19. The summed E-state index contributed by atoms with van der Waals surface area (Å²) in [5.74, 6) is 2.17. The molecule has 0 aliphatic heterocycles. The summed E-state index contributed by atoms with van der Waals surface area (Å²) in [6, 6.07) is 4.28. The van der Waals surface area contributed by atoms with Crippen LogP contribution in [0.2, 0.25) is 0 Å². The molecule has 2 nitrogen and oxygen atoms in total. The Morgan fingerprint density at radius 2 is 2.12 bits per heavy atom. The maximum Gasteiger partial charge on any atom is 0.0960 e. The van der Waals surface area contributed by atoms with E-state index in [-0.39, 0.29) is 0 Å². The molecule has 16 heavy (non-hydrogen) atoms. The predicted octanol–water partition coefficient (Wildman–Crippen LogP) is 2.87. The van der Waals surface area contributed by atoms with E-state index in [4.69, 9.17) is 5.73 Å². The van der Waals surface area contributed by atoms with Crippen molar-refractivity contribution in [2.45, 2.75) is 37.1 Å². The third kappa shape index (κ3) is 3.49. The van der Waals surface area contributed by atoms with Gasteiger partial charge in [0.25, 0.3) is 0 Å². The van der Waals surface area contributed by atoms with E-state index < -0.39 is 0 Å². The van der Waals surface area contributed by atoms with E-state index in [2.05, 4.69) is 17.1 Å². The molecule has 0 bridgehead atoms. The van der Waals surface area contributed by atoms with Gasteiger partial charge in [-0.1, -0.05) is 18.9 Å². The van der Waals surface area contributed by atoms with Gasteiger partial charge >= 0.3 is 0 Å². The van der Waals surface area contributed by atoms with Crippen LogP contribution in [0.3, 0.4) is 0 Å². The predicted molar refractivity (Wildman–Crippen MR) is 69.7 cm³/mol. The highest BCUT2D eigenvalue weighted by Crippen LogP contribution is 2.30. The molecule has 1 aromatic heterocycles. The Labute approximate surface area is 102 Å². The first kappa shape index (κ1) is 11.9. The second-order valence-electron chi connectivity index (χ2n) is 4.50. The summed E-state index contributed by atoms with van der Waals surface area (Å²) in [6.07, 6.45) is 8.57. The summed E-state index contributed by atoms with van der Waals surface area (Å²) in [7, 11) is 0. The summed E-state index contributed by atoms with van der Waals surface area (Å²) in [5, 5.41) is 1.16. The molecule has 0 saturated heterocycles. The highest BCUT2D eigenvalue weighted by Gasteiger charge is 2.15. The summed E-state index contributed by atoms with van der Waals surface area (Å²) in [6.45, 7) is 0.705. The largest absolute Gasteiger partial charge is 0.330 e. The number of pyridine rings is 1. The van der Waals surface area contributed by atoms with Crippen LogP contribution in [-0.4, -0.2) is 17.3 Å². The second-order valence-corrected chi connectivity index (χ2v) is 5.55. The topological polar surface area (TPSA) is 38.9 Å². The Morgan fingerprint density at radius 1 is 1.31 bits per heavy atom. The van der Waals surface area contributed by atoms with Crippen LogP contribution in [0.25, 0.3) is 0 Å². The highest BCUT2D eigenvalue weighted by molar-refractivity contribution is 7.99. The lowest BCUT2D eigenvalue weighted by Gasteiger charge is -2.07. The van der Waals surface area contributed by atoms with Gasteiger partial charge in [-0.25, -0.2) is 4.98 Å². The lowest BCUT2D eigenvalue weighted by molar-refractivity contribution is 0.623. The summed E-state index contributed by atoms with van der Waals surface area (Å²) < 4.78 is 0. The molecular weight excluding hydrogens is 216 g/mol. The van der Waals surface area contributed by atoms with Crippen molar-refractivity contribution < 1.29 is 0 Å². The average molecular weight is 236 g/mol. The minimum Gasteiger partial charge on any atom is -0.330 e. The number of nitrogens with zero attached hydrogens (tertiary/aromatic N) is 1. The van der Waals surface area contributed by atoms with Crippen LogP contribution in [0.5, 0.6) is 0 Å². The number of nitrogens with two attached hydrogens (primary N) is 1. The van der Waals surface area contributed by atoms with Crippen LogP contribution in [0.1, 0.15) is 31.2 Å². The van der Waals surface area contributed by atoms with Gasteiger partial charge in [-0.05, 0) is 43.4 Å². The molecule has 1 saturated carbocycles. The maximum absolute atomic E-state index is 5.51. The van der Waals surface area contributed by atoms with Crippen LogP contribution < -0.4 is 5.73 Å². The first-order chi connectivity index (χ1) is 7.88. The number of hydrogen-bond acceptors (Lipinski definition) is 3. The normalized spacial score (nSPS) is 16.8. The molecule has 1 aromatic rings. The van der Waals surface area contributed by atoms with Gasteiger partial charge in [-0.2, -0.15) is 0 Å². The number of thioether (sulfide) groups is 1. The van der Waals surface area contributed by atoms with Crippen LogP contribution in [0.15, 0.2) is 23.4 Å². The molecule has 0 spiro atoms. The standard InChI is InChI=1S/C13H20N2S/c14-8-7-11-5-6-13(15-9-11)16-10-12-3-1-2-4-12/h5-6,9,12H,1-4,7-8,10,14H2. The Balaban J connectivity index is 1.80. The van der Waals surface area contributed by atoms with E-state index in [0.717, 1.165) is 17.4 Å². The Kier molecular flexibility index (Phi) is 4.67. The van der Waals surface area contributed by atoms with Gasteiger partial charge in [0, 0.05) is 11.9 Å². The third-order valence-electron chi connectivity index (χ3n) is 3.17. The van der Waals surface area contributed by atoms with Crippen LogP contribution >= 0.6 is 11.8 Å². The van der Waals surface area contributed by atoms with Gasteiger partial charge in [0.15, 0.2) is 0 Å². The fourth-order valence-corrected chi connectivity index (χ4v) is 3.22. The first-order valence-electron chi connectivity index (χ1n) is 6.16. The van der Waals surface area contributed by atoms with Crippen molar-refractivity contribution in [2.24, 2.45) is 11.7 Å². The van der Waals surface area contributed by atoms with Crippen molar-refractivity contribution in [1.29, 1.82) is 0 Å². The number of hydrogen-bond donors (Lipinski definition) is 1. The number of rotatable bonds is 5. The smallest absolute Gasteiger partial charge is 0.0960 e. The Hall–Kier alpha value is -0.540. The van der Waals surface area contributed by atoms with Crippen molar-refractivity contribution in [3.8, 4) is 0 Å². The molecule has 2 N–H and O–H groups in total. The van der Waals surface area contributed by atoms with Gasteiger partial charge in [0.1, 0.15) is 0 Å². The highest BCUT2D eigenvalue weighted by atomic mass is 32.2. The van der Waals surface area contributed by atoms with E-state index in [1.54, 1.807) is 0 Å². The summed E-state index contributed by atoms with van der Waals surface area (Å²) in [4.78, 5) is 4.47. The summed E-state index contributed by atoms with van der Waals surface area (Å²) in [5.41, 5.74) is 6.75. The third-order valence-corrected chi connectivity index (χ3v) is 4.35. The maximum atomic E-state index is 5.51. The van der Waals surface area contributed by atoms with E-state index in [9.17, 15) is 0 Å². The second kappa shape index (κ2) is 6.26. The van der Waals surface area contributed by atoms with Crippen molar-refractivity contribution in [1.82, 2.24) is 4.98 Å². The molecular formula is C13H20N2S. The Bertz CT molecular complexity index is 304. The van der Waals surface area contributed by atoms with Crippen molar-refractivity contribution in [3.05, 3.63) is 23.9 Å². The molecule has 88 valence electrons. The van der Waals surface area contributed by atoms with E-state index >= 15 is 0 Å². The molecule has 1 heterocycles. The molecule has 1 aliphatic rings. The SMILES string of the molecule is NCCc1ccc(SCC2CCCC2)nc1. The van der Waals surface area contributed by atoms with Crippen LogP contribution in [0.4, 0.5) is 0 Å². The lowest BCUT2D eigenvalue weighted by atomic mass is 10.1. The molecule has 0 unspecified atom stereocenters. The zero-order chi connectivity index (χ0) is 11.2. The number of aromatic nitrogens is 1. The van der Waals surface area contributed by atoms with Gasteiger partial charge < -0.3 is 5.73 Å². The van der Waals surface area contributed by atoms with Gasteiger partial charge in [0.05, 0.1) is 5.03 Å². The molecule has 3 heteroatoms. The Morgan fingerprint density at radius 3 is 2.75 bits per heavy atom. The van der Waals surface area contributed by atoms with E-state index in [1.807, 2.05) is 18.0 Å². The zero-order valence-corrected chi connectivity index (χ0v) is 10.5. The quantitative estimate of drug-likeness (QED) is 0.799. The average Bonchev–Trinajstić information content (AvgIpc) is 2.82. The van der Waals surface area contributed by atoms with Crippen molar-refractivity contribution in [3.63, 3.8) is 0 Å². The van der Waals surface area contributed by atoms with Gasteiger partial charge in [-0.3, -0.25) is 0 Å². The van der Waals surface area contributed by atoms with Crippen molar-refractivity contribution >= 4 is 11.8 Å². The molecule has 0 radical (unpaired) electrons. The summed E-state index contributed by atoms with van der Waals surface area (Å²) >= 11 is 1.90. The van der Waals surface area contributed by atoms with E-state index in [0.29, 0.717) is 6.54 Å². The van der Waals surface area contributed by atoms with Crippen molar-refractivity contribution in [2.75, 3.05) is 12.3 Å². The molecule has 1 aliphatic carbocycles. The molecule has 0 atom stereocenters. The van der Waals surface area contributed by atoms with Gasteiger partial charge in [0.2, 0.25) is 0 Å². The molecule has 0 amide bonds. The zero-order valence-electron chi connectivity index (χ0n) is 9.69. The van der Waals surface area contributed by atoms with Crippen LogP contribution in [0, 0.1) is 5.92 Å². The minimum absolute atomic E-state index is 0.705. The minimum atomic E-state index is 0.705. The molecule has 2 rings (SSSR count). The van der Waals surface area contributed by atoms with Crippen LogP contribution in [-0.2, 0) is 6.42 Å². The molecule has 1 fully saturated rings. The lowest BCUT2D eigenvalue weighted by Crippen LogP contribution is -2.03. The molecule has 0 aromatic carbocycles. The fraction of sp³-hybridized carbons (Fsp3) is 0.615. The monoisotopic (exact) mass is 236 g/mol. The van der Waals surface area contributed by atoms with Gasteiger partial charge in [-0.15, -0.1) is 11.8 Å².